The number of guanidine groups is 1. The fourth-order valence-electron chi connectivity index (χ4n) is 3.87. The first-order chi connectivity index (χ1) is 13.8. The van der Waals surface area contributed by atoms with Crippen LogP contribution in [0.1, 0.15) is 5.56 Å². The van der Waals surface area contributed by atoms with E-state index in [1.165, 1.54) is 16.3 Å². The number of rotatable bonds is 4. The normalized spacial score (nSPS) is 17.8. The Morgan fingerprint density at radius 3 is 2.45 bits per heavy atom. The monoisotopic (exact) mass is 527 g/mol. The van der Waals surface area contributed by atoms with Crippen molar-refractivity contribution in [3.05, 3.63) is 47.3 Å². The van der Waals surface area contributed by atoms with Gasteiger partial charge in [0.05, 0.1) is 18.2 Å². The molecule has 0 aliphatic carbocycles. The Hall–Kier alpha value is -1.52. The van der Waals surface area contributed by atoms with Gasteiger partial charge in [0.2, 0.25) is 0 Å². The van der Waals surface area contributed by atoms with Crippen LogP contribution in [0, 0.1) is 0 Å². The van der Waals surface area contributed by atoms with Gasteiger partial charge in [0.25, 0.3) is 0 Å². The van der Waals surface area contributed by atoms with Gasteiger partial charge in [-0.2, -0.15) is 0 Å². The van der Waals surface area contributed by atoms with Gasteiger partial charge < -0.3 is 24.8 Å². The van der Waals surface area contributed by atoms with E-state index in [9.17, 15) is 0 Å². The highest BCUT2D eigenvalue weighted by Crippen LogP contribution is 2.23. The summed E-state index contributed by atoms with van der Waals surface area (Å²) in [6.45, 7) is 8.34. The molecule has 2 aliphatic heterocycles. The zero-order valence-corrected chi connectivity index (χ0v) is 20.1. The summed E-state index contributed by atoms with van der Waals surface area (Å²) in [6, 6.07) is 13.0. The van der Waals surface area contributed by atoms with Gasteiger partial charge in [-0.1, -0.05) is 18.2 Å². The van der Waals surface area contributed by atoms with Crippen LogP contribution < -0.4 is 15.1 Å². The second kappa shape index (κ2) is 11.0. The Balaban J connectivity index is 0.00000240. The number of morpholine rings is 1. The molecule has 3 heterocycles. The molecule has 0 amide bonds. The maximum Gasteiger partial charge on any atom is 0.194 e. The standard InChI is InChI=1S/C21H29N5OS.HI/c1-22-21(26-10-8-25(9-11-26)20-7-4-16-28-20)23-17-18-5-2-3-6-19(18)24-12-14-27-15-13-24;/h2-7,16H,8-15,17H2,1H3,(H,22,23);1H. The van der Waals surface area contributed by atoms with Gasteiger partial charge >= 0.3 is 0 Å². The van der Waals surface area contributed by atoms with Gasteiger partial charge in [-0.25, -0.2) is 0 Å². The maximum atomic E-state index is 5.51. The smallest absolute Gasteiger partial charge is 0.194 e. The number of ether oxygens (including phenoxy) is 1. The molecule has 2 aliphatic rings. The minimum absolute atomic E-state index is 0. The molecule has 0 spiro atoms. The number of nitrogens with zero attached hydrogens (tertiary/aromatic N) is 4. The summed E-state index contributed by atoms with van der Waals surface area (Å²) in [5.41, 5.74) is 2.61. The number of anilines is 2. The highest BCUT2D eigenvalue weighted by atomic mass is 127. The van der Waals surface area contributed by atoms with Crippen LogP contribution in [0.3, 0.4) is 0 Å². The summed E-state index contributed by atoms with van der Waals surface area (Å²) in [5, 5.41) is 7.10. The zero-order valence-electron chi connectivity index (χ0n) is 16.9. The van der Waals surface area contributed by atoms with Crippen LogP contribution in [0.5, 0.6) is 0 Å². The van der Waals surface area contributed by atoms with Crippen molar-refractivity contribution >= 4 is 52.0 Å². The predicted octanol–water partition coefficient (Wildman–Crippen LogP) is 3.10. The molecule has 0 radical (unpaired) electrons. The molecule has 1 aromatic carbocycles. The number of piperazine rings is 1. The summed E-state index contributed by atoms with van der Waals surface area (Å²) in [4.78, 5) is 11.8. The number of halogens is 1. The van der Waals surface area contributed by atoms with E-state index in [0.29, 0.717) is 0 Å². The van der Waals surface area contributed by atoms with Crippen molar-refractivity contribution in [3.63, 3.8) is 0 Å². The van der Waals surface area contributed by atoms with Crippen molar-refractivity contribution in [2.75, 3.05) is 69.3 Å². The third kappa shape index (κ3) is 5.55. The summed E-state index contributed by atoms with van der Waals surface area (Å²) in [6.07, 6.45) is 0. The Kier molecular flexibility index (Phi) is 8.43. The van der Waals surface area contributed by atoms with E-state index in [4.69, 9.17) is 4.74 Å². The average Bonchev–Trinajstić information content (AvgIpc) is 3.30. The average molecular weight is 527 g/mol. The van der Waals surface area contributed by atoms with E-state index in [1.807, 2.05) is 18.4 Å². The van der Waals surface area contributed by atoms with Crippen molar-refractivity contribution in [1.29, 1.82) is 0 Å². The molecule has 2 fully saturated rings. The number of para-hydroxylation sites is 1. The van der Waals surface area contributed by atoms with Crippen molar-refractivity contribution < 1.29 is 4.74 Å². The van der Waals surface area contributed by atoms with Crippen LogP contribution in [-0.2, 0) is 11.3 Å². The minimum atomic E-state index is 0. The van der Waals surface area contributed by atoms with E-state index in [-0.39, 0.29) is 24.0 Å². The third-order valence-corrected chi connectivity index (χ3v) is 6.32. The molecule has 158 valence electrons. The fraction of sp³-hybridized carbons (Fsp3) is 0.476. The van der Waals surface area contributed by atoms with E-state index >= 15 is 0 Å². The van der Waals surface area contributed by atoms with Crippen molar-refractivity contribution in [2.45, 2.75) is 6.54 Å². The molecule has 8 heteroatoms. The first-order valence-electron chi connectivity index (χ1n) is 10.00. The summed E-state index contributed by atoms with van der Waals surface area (Å²) >= 11 is 1.82. The summed E-state index contributed by atoms with van der Waals surface area (Å²) < 4.78 is 5.51. The van der Waals surface area contributed by atoms with Gasteiger partial charge in [-0.3, -0.25) is 4.99 Å². The highest BCUT2D eigenvalue weighted by molar-refractivity contribution is 14.0. The third-order valence-electron chi connectivity index (χ3n) is 5.39. The molecule has 6 nitrogen and oxygen atoms in total. The van der Waals surface area contributed by atoms with Gasteiger partial charge in [-0.15, -0.1) is 35.3 Å². The molecule has 0 unspecified atom stereocenters. The van der Waals surface area contributed by atoms with Gasteiger partial charge in [0, 0.05) is 58.5 Å². The highest BCUT2D eigenvalue weighted by Gasteiger charge is 2.21. The van der Waals surface area contributed by atoms with E-state index in [1.54, 1.807) is 0 Å². The first kappa shape index (κ1) is 22.2. The molecule has 0 saturated carbocycles. The number of aliphatic imine (C=N–C) groups is 1. The van der Waals surface area contributed by atoms with Crippen LogP contribution in [0.25, 0.3) is 0 Å². The van der Waals surface area contributed by atoms with Crippen LogP contribution in [0.15, 0.2) is 46.8 Å². The SMILES string of the molecule is CN=C(NCc1ccccc1N1CCOCC1)N1CCN(c2cccs2)CC1.I. The molecule has 29 heavy (non-hydrogen) atoms. The molecule has 4 rings (SSSR count). The number of benzene rings is 1. The Labute approximate surface area is 194 Å². The van der Waals surface area contributed by atoms with Crippen LogP contribution >= 0.6 is 35.3 Å². The minimum Gasteiger partial charge on any atom is -0.378 e. The Morgan fingerprint density at radius 2 is 1.76 bits per heavy atom. The Morgan fingerprint density at radius 1 is 1.00 bits per heavy atom. The lowest BCUT2D eigenvalue weighted by atomic mass is 10.1. The first-order valence-corrected chi connectivity index (χ1v) is 10.9. The predicted molar refractivity (Wildman–Crippen MR) is 133 cm³/mol. The van der Waals surface area contributed by atoms with Crippen LogP contribution in [-0.4, -0.2) is 70.4 Å². The summed E-state index contributed by atoms with van der Waals surface area (Å²) in [5.74, 6) is 0.989. The second-order valence-corrected chi connectivity index (χ2v) is 7.98. The van der Waals surface area contributed by atoms with Crippen molar-refractivity contribution in [2.24, 2.45) is 4.99 Å². The van der Waals surface area contributed by atoms with Gasteiger partial charge in [0.1, 0.15) is 0 Å². The number of hydrogen-bond acceptors (Lipinski definition) is 5. The summed E-state index contributed by atoms with van der Waals surface area (Å²) in [7, 11) is 1.88. The lowest BCUT2D eigenvalue weighted by Crippen LogP contribution is -2.52. The number of thiophene rings is 1. The molecule has 0 bridgehead atoms. The lowest BCUT2D eigenvalue weighted by Gasteiger charge is -2.37. The van der Waals surface area contributed by atoms with E-state index < -0.39 is 0 Å². The molecule has 2 aromatic rings. The lowest BCUT2D eigenvalue weighted by molar-refractivity contribution is 0.122. The molecule has 1 aromatic heterocycles. The van der Waals surface area contributed by atoms with Crippen LogP contribution in [0.4, 0.5) is 10.7 Å². The van der Waals surface area contributed by atoms with Crippen LogP contribution in [0.2, 0.25) is 0 Å². The van der Waals surface area contributed by atoms with Gasteiger partial charge in [-0.05, 0) is 29.1 Å². The van der Waals surface area contributed by atoms with Crippen molar-refractivity contribution in [3.8, 4) is 0 Å². The topological polar surface area (TPSA) is 43.3 Å². The number of hydrogen-bond donors (Lipinski definition) is 1. The molecule has 0 atom stereocenters. The molecular formula is C21H30IN5OS. The Bertz CT molecular complexity index is 771. The molecule has 1 N–H and O–H groups in total. The fourth-order valence-corrected chi connectivity index (χ4v) is 4.65. The van der Waals surface area contributed by atoms with Gasteiger partial charge in [0.15, 0.2) is 5.96 Å². The molecular weight excluding hydrogens is 497 g/mol. The van der Waals surface area contributed by atoms with E-state index in [2.05, 4.69) is 66.8 Å². The van der Waals surface area contributed by atoms with Crippen molar-refractivity contribution in [1.82, 2.24) is 10.2 Å². The van der Waals surface area contributed by atoms with E-state index in [0.717, 1.165) is 65.0 Å². The maximum absolute atomic E-state index is 5.51. The quantitative estimate of drug-likeness (QED) is 0.376. The zero-order chi connectivity index (χ0) is 19.2. The number of nitrogens with one attached hydrogen (secondary N) is 1. The largest absolute Gasteiger partial charge is 0.378 e. The second-order valence-electron chi connectivity index (χ2n) is 7.05. The molecule has 2 saturated heterocycles.